The van der Waals surface area contributed by atoms with E-state index in [0.29, 0.717) is 30.6 Å². The summed E-state index contributed by atoms with van der Waals surface area (Å²) >= 11 is 0. The molecule has 1 aromatic rings. The van der Waals surface area contributed by atoms with E-state index in [1.165, 1.54) is 63.1 Å². The van der Waals surface area contributed by atoms with Gasteiger partial charge in [0.25, 0.3) is 10.1 Å². The minimum absolute atomic E-state index is 0. The smallest absolute Gasteiger partial charge is 0.748 e. The fourth-order valence-corrected chi connectivity index (χ4v) is 7.84. The Labute approximate surface area is 305 Å². The van der Waals surface area contributed by atoms with Crippen molar-refractivity contribution in [1.82, 2.24) is 4.90 Å². The summed E-state index contributed by atoms with van der Waals surface area (Å²) in [6.07, 6.45) is 13.4. The van der Waals surface area contributed by atoms with Crippen LogP contribution in [-0.4, -0.2) is 80.3 Å². The van der Waals surface area contributed by atoms with E-state index >= 15 is 0 Å². The average Bonchev–Trinajstić information content (AvgIpc) is 3.22. The number of rotatable bonds is 14. The Morgan fingerprint density at radius 3 is 1.66 bits per heavy atom. The van der Waals surface area contributed by atoms with E-state index in [-0.39, 0.29) is 58.0 Å². The van der Waals surface area contributed by atoms with Crippen LogP contribution < -0.4 is 41.0 Å². The first kappa shape index (κ1) is 47.9. The van der Waals surface area contributed by atoms with Crippen molar-refractivity contribution >= 4 is 43.4 Å². The van der Waals surface area contributed by atoms with Gasteiger partial charge in [0.15, 0.2) is 0 Å². The number of nitrogens with two attached hydrogens (primary N) is 2. The Bertz CT molecular complexity index is 1280. The second-order valence-corrected chi connectivity index (χ2v) is 16.3. The van der Waals surface area contributed by atoms with Gasteiger partial charge < -0.3 is 26.0 Å². The van der Waals surface area contributed by atoms with E-state index in [4.69, 9.17) is 21.1 Å². The minimum Gasteiger partial charge on any atom is -0.748 e. The summed E-state index contributed by atoms with van der Waals surface area (Å²) in [4.78, 5) is 24.3. The van der Waals surface area contributed by atoms with Gasteiger partial charge in [0.05, 0.1) is 26.8 Å². The molecule has 0 spiro atoms. The topological polar surface area (TPSA) is 221 Å². The molecule has 6 N–H and O–H groups in total. The van der Waals surface area contributed by atoms with Crippen LogP contribution in [0.2, 0.25) is 0 Å². The third-order valence-corrected chi connectivity index (χ3v) is 10.2. The molecule has 0 radical (unpaired) electrons. The number of carbonyl (C=O) groups excluding carboxylic acids is 1. The first-order valence-corrected chi connectivity index (χ1v) is 19.2. The van der Waals surface area contributed by atoms with E-state index in [9.17, 15) is 31.0 Å². The number of anilines is 2. The van der Waals surface area contributed by atoms with Gasteiger partial charge >= 0.3 is 35.5 Å². The maximum atomic E-state index is 11.9. The first-order valence-electron chi connectivity index (χ1n) is 16.0. The largest absolute Gasteiger partial charge is 1.00 e. The molecule has 1 aromatic carbocycles. The van der Waals surface area contributed by atoms with Crippen LogP contribution in [0, 0.1) is 16.7 Å². The molecule has 0 aromatic heterocycles. The molecule has 0 amide bonds. The normalized spacial score (nSPS) is 19.3. The number of fused-ring (bicyclic) bond motifs is 2. The minimum atomic E-state index is -4.08. The third kappa shape index (κ3) is 19.5. The zero-order valence-corrected chi connectivity index (χ0v) is 33.2. The van der Waals surface area contributed by atoms with Gasteiger partial charge in [-0.3, -0.25) is 9.35 Å². The van der Waals surface area contributed by atoms with E-state index in [2.05, 4.69) is 6.92 Å². The van der Waals surface area contributed by atoms with Gasteiger partial charge in [0, 0.05) is 23.5 Å². The fourth-order valence-electron chi connectivity index (χ4n) is 5.99. The summed E-state index contributed by atoms with van der Waals surface area (Å²) in [5.41, 5.74) is 10.4. The molecule has 0 aliphatic heterocycles. The number of aromatic carboxylic acids is 1. The predicted octanol–water partition coefficient (Wildman–Crippen LogP) is 2.45. The number of Topliss-reactive ketones (excluding diaryl/α,β-unsaturated/α-hetero) is 1. The van der Waals surface area contributed by atoms with Gasteiger partial charge in [-0.05, 0) is 69.9 Å². The maximum Gasteiger partial charge on any atom is 1.00 e. The van der Waals surface area contributed by atoms with E-state index in [1.807, 2.05) is 39.9 Å². The number of nitrogens with zero attached hydrogens (tertiary/aromatic N) is 1. The van der Waals surface area contributed by atoms with Crippen molar-refractivity contribution in [2.24, 2.45) is 16.7 Å². The number of ketones is 1. The van der Waals surface area contributed by atoms with E-state index in [1.54, 1.807) is 0 Å². The van der Waals surface area contributed by atoms with E-state index in [0.717, 1.165) is 19.3 Å². The number of hydrogen-bond acceptors (Lipinski definition) is 10. The molecule has 2 atom stereocenters. The van der Waals surface area contributed by atoms with Gasteiger partial charge in [-0.2, -0.15) is 8.42 Å². The quantitative estimate of drug-likeness (QED) is 0.0944. The van der Waals surface area contributed by atoms with Crippen LogP contribution in [0.1, 0.15) is 115 Å². The zero-order chi connectivity index (χ0) is 35.8. The number of carboxylic acids is 1. The molecule has 0 saturated heterocycles. The predicted molar refractivity (Wildman–Crippen MR) is 183 cm³/mol. The number of nitrogen functional groups attached to an aromatic ring is 2. The molecular weight excluding hydrogens is 657 g/mol. The number of benzene rings is 1. The van der Waals surface area contributed by atoms with Gasteiger partial charge in [-0.15, -0.1) is 0 Å². The third-order valence-electron chi connectivity index (χ3n) is 8.54. The Morgan fingerprint density at radius 1 is 0.915 bits per heavy atom. The van der Waals surface area contributed by atoms with E-state index < -0.39 is 37.4 Å². The molecule has 2 unspecified atom stereocenters. The number of carboxylic acid groups (broad SMARTS) is 1. The van der Waals surface area contributed by atoms with Crippen LogP contribution in [0.5, 0.6) is 0 Å². The van der Waals surface area contributed by atoms with Crippen molar-refractivity contribution in [2.45, 2.75) is 104 Å². The Balaban J connectivity index is 0. The number of hydrogen-bond donors (Lipinski definition) is 4. The molecule has 0 heterocycles. The van der Waals surface area contributed by atoms with Crippen LogP contribution in [-0.2, 0) is 25.0 Å². The SMILES string of the molecule is CC1(C)C2CCC1(CS(=O)(=O)O)C(=O)C2.CCCCCCCCCCCCS(=O)(=O)[O-].CN(C)C.Nc1cc(N)cc(C(=O)O)c1.[Na+]. The van der Waals surface area contributed by atoms with Crippen molar-refractivity contribution in [1.29, 1.82) is 0 Å². The molecule has 47 heavy (non-hydrogen) atoms. The van der Waals surface area contributed by atoms with Crippen LogP contribution >= 0.6 is 0 Å². The van der Waals surface area contributed by atoms with Crippen LogP contribution in [0.3, 0.4) is 0 Å². The van der Waals surface area contributed by atoms with Gasteiger partial charge in [-0.25, -0.2) is 13.2 Å². The Morgan fingerprint density at radius 2 is 1.34 bits per heavy atom. The summed E-state index contributed by atoms with van der Waals surface area (Å²) in [6.45, 7) is 6.10. The molecule has 2 aliphatic rings. The van der Waals surface area contributed by atoms with Crippen molar-refractivity contribution in [2.75, 3.05) is 44.1 Å². The Hall–Kier alpha value is -1.26. The van der Waals surface area contributed by atoms with Crippen LogP contribution in [0.4, 0.5) is 11.4 Å². The summed E-state index contributed by atoms with van der Waals surface area (Å²) in [5, 5.41) is 8.52. The van der Waals surface area contributed by atoms with Crippen molar-refractivity contribution in [3.05, 3.63) is 23.8 Å². The van der Waals surface area contributed by atoms with Crippen LogP contribution in [0.15, 0.2) is 18.2 Å². The second-order valence-electron chi connectivity index (χ2n) is 13.4. The fraction of sp³-hybridized carbons (Fsp3) is 0.750. The van der Waals surface area contributed by atoms with Gasteiger partial charge in [0.2, 0.25) is 0 Å². The average molecular weight is 716 g/mol. The molecule has 3 rings (SSSR count). The maximum absolute atomic E-state index is 11.9. The zero-order valence-electron chi connectivity index (χ0n) is 29.6. The summed E-state index contributed by atoms with van der Waals surface area (Å²) < 4.78 is 61.9. The van der Waals surface area contributed by atoms with Gasteiger partial charge in [-0.1, -0.05) is 78.6 Å². The number of unbranched alkanes of at least 4 members (excludes halogenated alkanes) is 9. The van der Waals surface area contributed by atoms with Crippen molar-refractivity contribution < 1.29 is 70.2 Å². The second kappa shape index (κ2) is 22.5. The molecule has 15 heteroatoms. The Kier molecular flexibility index (Phi) is 22.9. The van der Waals surface area contributed by atoms with Crippen LogP contribution in [0.25, 0.3) is 0 Å². The summed E-state index contributed by atoms with van der Waals surface area (Å²) in [7, 11) is -2.06. The van der Waals surface area contributed by atoms with Crippen molar-refractivity contribution in [3.8, 4) is 0 Å². The molecule has 2 aliphatic carbocycles. The molecule has 2 fully saturated rings. The van der Waals surface area contributed by atoms with Crippen molar-refractivity contribution in [3.63, 3.8) is 0 Å². The molecule has 2 bridgehead atoms. The first-order chi connectivity index (χ1) is 21.1. The molecular formula is C32H58N3NaO9S2. The number of carbonyl (C=O) groups is 2. The molecule has 2 saturated carbocycles. The standard InChI is InChI=1S/C12H26O3S.C10H16O4S.C7H8N2O2.C3H9N.Na/c1-2-3-4-5-6-7-8-9-10-11-12-16(13,14)15;1-9(2)7-3-4-10(9,8(11)5-7)6-15(12,13)14;8-5-1-4(7(10)11)2-6(9)3-5;1-4(2)3;/h2-12H2,1H3,(H,13,14,15);7H,3-6H2,1-2H3,(H,12,13,14);1-3H,8-9H2,(H,10,11);1-3H3;/q;;;;+1/p-1. The monoisotopic (exact) mass is 715 g/mol. The molecule has 12 nitrogen and oxygen atoms in total. The summed E-state index contributed by atoms with van der Waals surface area (Å²) in [5.74, 6) is -1.32. The molecule has 268 valence electrons. The van der Waals surface area contributed by atoms with Gasteiger partial charge in [0.1, 0.15) is 5.78 Å². The summed E-state index contributed by atoms with van der Waals surface area (Å²) in [6, 6.07) is 4.23.